The number of amides is 1. The monoisotopic (exact) mass is 331 g/mol. The first-order valence-corrected chi connectivity index (χ1v) is 9.26. The predicted octanol–water partition coefficient (Wildman–Crippen LogP) is 2.27. The van der Waals surface area contributed by atoms with Gasteiger partial charge in [0.1, 0.15) is 17.2 Å². The van der Waals surface area contributed by atoms with Crippen molar-refractivity contribution in [2.45, 2.75) is 52.0 Å². The first-order chi connectivity index (χ1) is 11.1. The van der Waals surface area contributed by atoms with Gasteiger partial charge in [-0.2, -0.15) is 0 Å². The lowest BCUT2D eigenvalue weighted by Gasteiger charge is -2.17. The standard InChI is InChI=1S/C17H21N3O2S/c1-11-18-16-15(12-6-2-3-7-13(12)23-16)17(22)20(11)10-14(21)19-8-4-5-9-19/h2-10H2,1H3. The molecule has 6 heteroatoms. The summed E-state index contributed by atoms with van der Waals surface area (Å²) in [7, 11) is 0. The number of fused-ring (bicyclic) bond motifs is 3. The molecule has 0 spiro atoms. The molecule has 0 atom stereocenters. The van der Waals surface area contributed by atoms with Crippen LogP contribution in [-0.4, -0.2) is 33.4 Å². The lowest BCUT2D eigenvalue weighted by molar-refractivity contribution is -0.130. The summed E-state index contributed by atoms with van der Waals surface area (Å²) in [5.74, 6) is 0.687. The number of rotatable bonds is 2. The van der Waals surface area contributed by atoms with Crippen molar-refractivity contribution in [3.05, 3.63) is 26.6 Å². The molecule has 0 unspecified atom stereocenters. The molecule has 23 heavy (non-hydrogen) atoms. The van der Waals surface area contributed by atoms with Gasteiger partial charge in [-0.25, -0.2) is 4.98 Å². The minimum absolute atomic E-state index is 0.0283. The van der Waals surface area contributed by atoms with Crippen LogP contribution in [0, 0.1) is 6.92 Å². The molecule has 0 bridgehead atoms. The number of carbonyl (C=O) groups excluding carboxylic acids is 1. The van der Waals surface area contributed by atoms with Crippen LogP contribution in [0.25, 0.3) is 10.2 Å². The van der Waals surface area contributed by atoms with E-state index in [1.54, 1.807) is 15.9 Å². The molecule has 0 saturated carbocycles. The second-order valence-electron chi connectivity index (χ2n) is 6.53. The van der Waals surface area contributed by atoms with Crippen molar-refractivity contribution in [3.8, 4) is 0 Å². The molecule has 122 valence electrons. The molecule has 5 nitrogen and oxygen atoms in total. The number of likely N-dealkylation sites (tertiary alicyclic amines) is 1. The maximum Gasteiger partial charge on any atom is 0.263 e. The average Bonchev–Trinajstić information content (AvgIpc) is 3.18. The highest BCUT2D eigenvalue weighted by Crippen LogP contribution is 2.33. The number of hydrogen-bond acceptors (Lipinski definition) is 4. The molecule has 1 aliphatic carbocycles. The summed E-state index contributed by atoms with van der Waals surface area (Å²) < 4.78 is 1.57. The highest BCUT2D eigenvalue weighted by atomic mass is 32.1. The van der Waals surface area contributed by atoms with Crippen molar-refractivity contribution in [1.82, 2.24) is 14.5 Å². The molecule has 0 radical (unpaired) electrons. The third-order valence-electron chi connectivity index (χ3n) is 5.02. The number of hydrogen-bond donors (Lipinski definition) is 0. The van der Waals surface area contributed by atoms with Crippen molar-refractivity contribution >= 4 is 27.5 Å². The Hall–Kier alpha value is -1.69. The molecular weight excluding hydrogens is 310 g/mol. The van der Waals surface area contributed by atoms with E-state index >= 15 is 0 Å². The van der Waals surface area contributed by atoms with Gasteiger partial charge < -0.3 is 4.90 Å². The number of thiophene rings is 1. The molecule has 4 rings (SSSR count). The van der Waals surface area contributed by atoms with E-state index in [9.17, 15) is 9.59 Å². The number of aromatic nitrogens is 2. The molecule has 1 aliphatic heterocycles. The summed E-state index contributed by atoms with van der Waals surface area (Å²) in [6.45, 7) is 3.58. The van der Waals surface area contributed by atoms with Crippen LogP contribution in [0.4, 0.5) is 0 Å². The van der Waals surface area contributed by atoms with Crippen LogP contribution in [0.15, 0.2) is 4.79 Å². The van der Waals surface area contributed by atoms with Crippen molar-refractivity contribution in [3.63, 3.8) is 0 Å². The van der Waals surface area contributed by atoms with E-state index < -0.39 is 0 Å². The van der Waals surface area contributed by atoms with Gasteiger partial charge in [0, 0.05) is 18.0 Å². The smallest absolute Gasteiger partial charge is 0.263 e. The van der Waals surface area contributed by atoms with Gasteiger partial charge in [-0.05, 0) is 51.0 Å². The van der Waals surface area contributed by atoms with E-state index in [1.807, 2.05) is 11.8 Å². The van der Waals surface area contributed by atoms with E-state index in [0.717, 1.165) is 55.4 Å². The first-order valence-electron chi connectivity index (χ1n) is 8.44. The Balaban J connectivity index is 1.77. The maximum atomic E-state index is 13.0. The van der Waals surface area contributed by atoms with Crippen LogP contribution in [0.3, 0.4) is 0 Å². The van der Waals surface area contributed by atoms with Gasteiger partial charge in [0.2, 0.25) is 5.91 Å². The van der Waals surface area contributed by atoms with Crippen LogP contribution in [0.1, 0.15) is 41.9 Å². The highest BCUT2D eigenvalue weighted by Gasteiger charge is 2.23. The van der Waals surface area contributed by atoms with Gasteiger partial charge in [-0.1, -0.05) is 0 Å². The minimum Gasteiger partial charge on any atom is -0.341 e. The van der Waals surface area contributed by atoms with Crippen molar-refractivity contribution in [2.24, 2.45) is 0 Å². The Morgan fingerprint density at radius 1 is 1.17 bits per heavy atom. The molecule has 1 fully saturated rings. The van der Waals surface area contributed by atoms with Crippen LogP contribution in [0.2, 0.25) is 0 Å². The zero-order chi connectivity index (χ0) is 16.0. The Morgan fingerprint density at radius 3 is 2.70 bits per heavy atom. The van der Waals surface area contributed by atoms with Gasteiger partial charge >= 0.3 is 0 Å². The molecule has 0 N–H and O–H groups in total. The summed E-state index contributed by atoms with van der Waals surface area (Å²) >= 11 is 1.66. The van der Waals surface area contributed by atoms with Gasteiger partial charge in [0.25, 0.3) is 5.56 Å². The third-order valence-corrected chi connectivity index (χ3v) is 6.20. The number of carbonyl (C=O) groups is 1. The second kappa shape index (κ2) is 5.74. The van der Waals surface area contributed by atoms with Crippen molar-refractivity contribution in [2.75, 3.05) is 13.1 Å². The van der Waals surface area contributed by atoms with Crippen LogP contribution in [0.5, 0.6) is 0 Å². The normalized spacial score (nSPS) is 17.7. The van der Waals surface area contributed by atoms with Gasteiger partial charge in [0.15, 0.2) is 0 Å². The minimum atomic E-state index is -0.0283. The average molecular weight is 331 g/mol. The SMILES string of the molecule is Cc1nc2sc3c(c2c(=O)n1CC(=O)N1CCCC1)CCCC3. The van der Waals surface area contributed by atoms with E-state index in [2.05, 4.69) is 4.98 Å². The fraction of sp³-hybridized carbons (Fsp3) is 0.588. The quantitative estimate of drug-likeness (QED) is 0.848. The van der Waals surface area contributed by atoms with Crippen LogP contribution < -0.4 is 5.56 Å². The van der Waals surface area contributed by atoms with Crippen molar-refractivity contribution < 1.29 is 4.79 Å². The summed E-state index contributed by atoms with van der Waals surface area (Å²) in [6, 6.07) is 0. The highest BCUT2D eigenvalue weighted by molar-refractivity contribution is 7.18. The second-order valence-corrected chi connectivity index (χ2v) is 7.61. The fourth-order valence-corrected chi connectivity index (χ4v) is 5.03. The largest absolute Gasteiger partial charge is 0.341 e. The van der Waals surface area contributed by atoms with Gasteiger partial charge in [-0.3, -0.25) is 14.2 Å². The molecule has 2 aliphatic rings. The van der Waals surface area contributed by atoms with Crippen molar-refractivity contribution in [1.29, 1.82) is 0 Å². The molecule has 0 aromatic carbocycles. The summed E-state index contributed by atoms with van der Waals surface area (Å²) in [4.78, 5) is 34.1. The Labute approximate surface area is 138 Å². The first kappa shape index (κ1) is 14.9. The van der Waals surface area contributed by atoms with E-state index in [0.29, 0.717) is 5.82 Å². The topological polar surface area (TPSA) is 55.2 Å². The van der Waals surface area contributed by atoms with Crippen LogP contribution in [-0.2, 0) is 24.2 Å². The lowest BCUT2D eigenvalue weighted by atomic mass is 9.97. The Kier molecular flexibility index (Phi) is 3.71. The van der Waals surface area contributed by atoms with E-state index in [1.165, 1.54) is 16.9 Å². The number of aryl methyl sites for hydroxylation is 3. The molecule has 3 heterocycles. The van der Waals surface area contributed by atoms with E-state index in [-0.39, 0.29) is 18.0 Å². The summed E-state index contributed by atoms with van der Waals surface area (Å²) in [6.07, 6.45) is 6.49. The van der Waals surface area contributed by atoms with Gasteiger partial charge in [-0.15, -0.1) is 11.3 Å². The lowest BCUT2D eigenvalue weighted by Crippen LogP contribution is -2.35. The zero-order valence-corrected chi connectivity index (χ0v) is 14.2. The molecule has 2 aromatic heterocycles. The van der Waals surface area contributed by atoms with Gasteiger partial charge in [0.05, 0.1) is 5.39 Å². The van der Waals surface area contributed by atoms with Crippen LogP contribution >= 0.6 is 11.3 Å². The maximum absolute atomic E-state index is 13.0. The zero-order valence-electron chi connectivity index (χ0n) is 13.4. The molecule has 2 aromatic rings. The molecular formula is C17H21N3O2S. The Morgan fingerprint density at radius 2 is 1.91 bits per heavy atom. The number of nitrogens with zero attached hydrogens (tertiary/aromatic N) is 3. The summed E-state index contributed by atoms with van der Waals surface area (Å²) in [5, 5.41) is 0.768. The Bertz CT molecular complexity index is 830. The van der Waals surface area contributed by atoms with E-state index in [4.69, 9.17) is 0 Å². The third kappa shape index (κ3) is 2.49. The molecule has 1 saturated heterocycles. The predicted molar refractivity (Wildman–Crippen MR) is 91.1 cm³/mol. The fourth-order valence-electron chi connectivity index (χ4n) is 3.73. The molecule has 1 amide bonds. The summed E-state index contributed by atoms with van der Waals surface area (Å²) in [5.41, 5.74) is 1.16.